The molecule has 1 fully saturated rings. The van der Waals surface area contributed by atoms with Crippen LogP contribution in [0, 0.1) is 6.92 Å². The van der Waals surface area contributed by atoms with Crippen LogP contribution in [0.2, 0.25) is 0 Å². The van der Waals surface area contributed by atoms with Crippen LogP contribution in [0.3, 0.4) is 0 Å². The Hall–Kier alpha value is -1.48. The Bertz CT molecular complexity index is 612. The van der Waals surface area contributed by atoms with Gasteiger partial charge >= 0.3 is 5.97 Å². The van der Waals surface area contributed by atoms with E-state index in [9.17, 15) is 13.2 Å². The van der Waals surface area contributed by atoms with Gasteiger partial charge in [0.1, 0.15) is 6.04 Å². The second-order valence-corrected chi connectivity index (χ2v) is 7.08. The number of ether oxygens (including phenoxy) is 1. The molecule has 1 aromatic rings. The zero-order chi connectivity index (χ0) is 15.6. The molecule has 2 atom stereocenters. The zero-order valence-electron chi connectivity index (χ0n) is 12.3. The lowest BCUT2D eigenvalue weighted by Gasteiger charge is -2.32. The summed E-state index contributed by atoms with van der Waals surface area (Å²) in [6, 6.07) is -0.778. The summed E-state index contributed by atoms with van der Waals surface area (Å²) in [5.74, 6) is 0.0642. The van der Waals surface area contributed by atoms with Gasteiger partial charge in [0.2, 0.25) is 10.0 Å². The van der Waals surface area contributed by atoms with E-state index in [4.69, 9.17) is 9.26 Å². The Morgan fingerprint density at radius 2 is 2.19 bits per heavy atom. The number of carbonyl (C=O) groups is 1. The van der Waals surface area contributed by atoms with Crippen LogP contribution in [0.4, 0.5) is 0 Å². The molecule has 0 aromatic carbocycles. The number of hydrogen-bond donors (Lipinski definition) is 0. The van der Waals surface area contributed by atoms with Gasteiger partial charge in [-0.3, -0.25) is 4.79 Å². The van der Waals surface area contributed by atoms with Crippen LogP contribution in [0.25, 0.3) is 0 Å². The van der Waals surface area contributed by atoms with Gasteiger partial charge in [-0.05, 0) is 33.1 Å². The maximum atomic E-state index is 12.2. The fraction of sp³-hybridized carbons (Fsp3) is 0.750. The Kier molecular flexibility index (Phi) is 4.62. The van der Waals surface area contributed by atoms with Crippen molar-refractivity contribution < 1.29 is 22.5 Å². The minimum absolute atomic E-state index is 0.197. The van der Waals surface area contributed by atoms with Crippen LogP contribution in [0.1, 0.15) is 44.0 Å². The van der Waals surface area contributed by atoms with Crippen LogP contribution in [0.15, 0.2) is 4.52 Å². The van der Waals surface area contributed by atoms with Crippen molar-refractivity contribution in [3.8, 4) is 0 Å². The van der Waals surface area contributed by atoms with Crippen LogP contribution < -0.4 is 0 Å². The molecule has 2 heterocycles. The molecule has 0 radical (unpaired) electrons. The smallest absolute Gasteiger partial charge is 0.325 e. The summed E-state index contributed by atoms with van der Waals surface area (Å²) in [5, 5.41) is 3.63. The number of aryl methyl sites for hydroxylation is 1. The highest BCUT2D eigenvalue weighted by atomic mass is 32.2. The molecule has 8 nitrogen and oxygen atoms in total. The van der Waals surface area contributed by atoms with E-state index in [1.807, 2.05) is 0 Å². The lowest BCUT2D eigenvalue weighted by atomic mass is 10.1. The maximum absolute atomic E-state index is 12.2. The molecule has 21 heavy (non-hydrogen) atoms. The summed E-state index contributed by atoms with van der Waals surface area (Å²) >= 11 is 0. The summed E-state index contributed by atoms with van der Waals surface area (Å²) in [4.78, 5) is 16.2. The number of rotatable bonds is 4. The maximum Gasteiger partial charge on any atom is 0.325 e. The topological polar surface area (TPSA) is 103 Å². The normalized spacial score (nSPS) is 22.0. The molecule has 1 saturated heterocycles. The lowest BCUT2D eigenvalue weighted by molar-refractivity contribution is -0.155. The molecule has 1 aromatic heterocycles. The van der Waals surface area contributed by atoms with E-state index < -0.39 is 28.1 Å². The summed E-state index contributed by atoms with van der Waals surface area (Å²) in [7, 11) is -3.44. The number of sulfonamides is 1. The number of esters is 1. The fourth-order valence-electron chi connectivity index (χ4n) is 2.32. The Balaban J connectivity index is 2.07. The van der Waals surface area contributed by atoms with Gasteiger partial charge < -0.3 is 9.26 Å². The number of nitrogens with zero attached hydrogens (tertiary/aromatic N) is 3. The minimum Gasteiger partial charge on any atom is -0.451 e. The second kappa shape index (κ2) is 6.10. The summed E-state index contributed by atoms with van der Waals surface area (Å²) in [6.45, 7) is 3.61. The van der Waals surface area contributed by atoms with Crippen molar-refractivity contribution in [1.82, 2.24) is 14.4 Å². The van der Waals surface area contributed by atoms with Gasteiger partial charge in [0.05, 0.1) is 6.26 Å². The van der Waals surface area contributed by atoms with E-state index in [-0.39, 0.29) is 5.89 Å². The van der Waals surface area contributed by atoms with Gasteiger partial charge in [-0.25, -0.2) is 8.42 Å². The number of hydrogen-bond acceptors (Lipinski definition) is 7. The van der Waals surface area contributed by atoms with E-state index in [1.165, 1.54) is 4.31 Å². The molecule has 0 saturated carbocycles. The first-order chi connectivity index (χ1) is 9.79. The molecular formula is C12H19N3O5S. The van der Waals surface area contributed by atoms with E-state index in [0.717, 1.165) is 19.1 Å². The predicted octanol–water partition coefficient (Wildman–Crippen LogP) is 0.796. The second-order valence-electron chi connectivity index (χ2n) is 5.14. The van der Waals surface area contributed by atoms with Crippen molar-refractivity contribution in [3.05, 3.63) is 11.7 Å². The number of aromatic nitrogens is 2. The van der Waals surface area contributed by atoms with Crippen molar-refractivity contribution in [2.75, 3.05) is 12.8 Å². The fourth-order valence-corrected chi connectivity index (χ4v) is 3.43. The van der Waals surface area contributed by atoms with Gasteiger partial charge in [-0.15, -0.1) is 0 Å². The first-order valence-corrected chi connectivity index (χ1v) is 8.61. The van der Waals surface area contributed by atoms with E-state index in [2.05, 4.69) is 10.1 Å². The van der Waals surface area contributed by atoms with Gasteiger partial charge in [0, 0.05) is 6.54 Å². The molecular weight excluding hydrogens is 298 g/mol. The van der Waals surface area contributed by atoms with E-state index in [0.29, 0.717) is 18.8 Å². The van der Waals surface area contributed by atoms with Gasteiger partial charge in [-0.2, -0.15) is 9.29 Å². The molecule has 0 bridgehead atoms. The van der Waals surface area contributed by atoms with Gasteiger partial charge in [0.25, 0.3) is 5.89 Å². The van der Waals surface area contributed by atoms with Crippen LogP contribution >= 0.6 is 0 Å². The average molecular weight is 317 g/mol. The van der Waals surface area contributed by atoms with Crippen molar-refractivity contribution in [3.63, 3.8) is 0 Å². The first kappa shape index (κ1) is 15.9. The third-order valence-corrected chi connectivity index (χ3v) is 4.62. The van der Waals surface area contributed by atoms with Crippen molar-refractivity contribution in [1.29, 1.82) is 0 Å². The first-order valence-electron chi connectivity index (χ1n) is 6.76. The standard InChI is InChI=1S/C12H19N3O5S/c1-8(11-13-9(2)14-20-11)19-12(16)10-6-4-5-7-15(10)21(3,17)18/h8,10H,4-7H2,1-3H3. The Labute approximate surface area is 123 Å². The largest absolute Gasteiger partial charge is 0.451 e. The van der Waals surface area contributed by atoms with Crippen molar-refractivity contribution in [2.24, 2.45) is 0 Å². The van der Waals surface area contributed by atoms with Crippen LogP contribution in [0.5, 0.6) is 0 Å². The quantitative estimate of drug-likeness (QED) is 0.756. The third kappa shape index (κ3) is 3.79. The molecule has 2 unspecified atom stereocenters. The lowest BCUT2D eigenvalue weighted by Crippen LogP contribution is -2.48. The van der Waals surface area contributed by atoms with Crippen LogP contribution in [-0.2, 0) is 19.6 Å². The zero-order valence-corrected chi connectivity index (χ0v) is 13.1. The van der Waals surface area contributed by atoms with Gasteiger partial charge in [0.15, 0.2) is 11.9 Å². The molecule has 0 N–H and O–H groups in total. The van der Waals surface area contributed by atoms with E-state index >= 15 is 0 Å². The molecule has 9 heteroatoms. The SMILES string of the molecule is Cc1noc(C(C)OC(=O)C2CCCCN2S(C)(=O)=O)n1. The molecule has 0 spiro atoms. The van der Waals surface area contributed by atoms with Crippen LogP contribution in [-0.4, -0.2) is 47.7 Å². The van der Waals surface area contributed by atoms with Gasteiger partial charge in [-0.1, -0.05) is 5.16 Å². The van der Waals surface area contributed by atoms with E-state index in [1.54, 1.807) is 13.8 Å². The molecule has 0 amide bonds. The highest BCUT2D eigenvalue weighted by Crippen LogP contribution is 2.23. The molecule has 2 rings (SSSR count). The number of piperidine rings is 1. The Morgan fingerprint density at radius 3 is 2.76 bits per heavy atom. The highest BCUT2D eigenvalue weighted by Gasteiger charge is 2.36. The van der Waals surface area contributed by atoms with Crippen molar-refractivity contribution in [2.45, 2.75) is 45.3 Å². The summed E-state index contributed by atoms with van der Waals surface area (Å²) in [6.07, 6.45) is 2.39. The van der Waals surface area contributed by atoms with Crippen molar-refractivity contribution >= 4 is 16.0 Å². The number of carbonyl (C=O) groups excluding carboxylic acids is 1. The third-order valence-electron chi connectivity index (χ3n) is 3.34. The summed E-state index contributed by atoms with van der Waals surface area (Å²) < 4.78 is 34.9. The predicted molar refractivity (Wildman–Crippen MR) is 72.7 cm³/mol. The highest BCUT2D eigenvalue weighted by molar-refractivity contribution is 7.88. The molecule has 1 aliphatic heterocycles. The molecule has 118 valence electrons. The molecule has 1 aliphatic rings. The summed E-state index contributed by atoms with van der Waals surface area (Å²) in [5.41, 5.74) is 0. The molecule has 0 aliphatic carbocycles. The monoisotopic (exact) mass is 317 g/mol. The minimum atomic E-state index is -3.44. The average Bonchev–Trinajstić information content (AvgIpc) is 2.84. The Morgan fingerprint density at radius 1 is 1.48 bits per heavy atom.